The number of aromatic nitrogens is 2. The summed E-state index contributed by atoms with van der Waals surface area (Å²) in [5.41, 5.74) is 1.13. The van der Waals surface area contributed by atoms with Crippen molar-refractivity contribution in [3.05, 3.63) is 52.3 Å². The molecule has 0 aliphatic heterocycles. The Morgan fingerprint density at radius 2 is 1.96 bits per heavy atom. The van der Waals surface area contributed by atoms with Crippen molar-refractivity contribution >= 4 is 17.5 Å². The Morgan fingerprint density at radius 3 is 2.54 bits per heavy atom. The van der Waals surface area contributed by atoms with Crippen LogP contribution < -0.4 is 0 Å². The van der Waals surface area contributed by atoms with E-state index < -0.39 is 44.3 Å². The van der Waals surface area contributed by atoms with Gasteiger partial charge in [-0.2, -0.15) is 18.3 Å². The van der Waals surface area contributed by atoms with Crippen molar-refractivity contribution in [2.45, 2.75) is 32.2 Å². The van der Waals surface area contributed by atoms with Gasteiger partial charge in [0.05, 0.1) is 36.9 Å². The van der Waals surface area contributed by atoms with Gasteiger partial charge in [0.1, 0.15) is 5.15 Å². The van der Waals surface area contributed by atoms with Gasteiger partial charge in [-0.3, -0.25) is 4.79 Å². The Kier molecular flexibility index (Phi) is 7.45. The van der Waals surface area contributed by atoms with Crippen LogP contribution in [0.4, 0.5) is 13.2 Å². The van der Waals surface area contributed by atoms with E-state index in [1.165, 1.54) is 11.6 Å². The van der Waals surface area contributed by atoms with Crippen LogP contribution in [0.1, 0.15) is 28.0 Å². The van der Waals surface area contributed by atoms with E-state index in [9.17, 15) is 23.1 Å². The van der Waals surface area contributed by atoms with E-state index in [0.717, 1.165) is 10.5 Å². The molecule has 2 rings (SSSR count). The molecule has 6 nitrogen and oxygen atoms in total. The maximum atomic E-state index is 12.8. The van der Waals surface area contributed by atoms with Crippen molar-refractivity contribution < 1.29 is 28.2 Å². The van der Waals surface area contributed by atoms with Gasteiger partial charge in [0.15, 0.2) is 0 Å². The van der Waals surface area contributed by atoms with E-state index in [1.54, 1.807) is 0 Å². The molecule has 28 heavy (non-hydrogen) atoms. The largest absolute Gasteiger partial charge is 0.394 e. The van der Waals surface area contributed by atoms with Gasteiger partial charge < -0.3 is 15.1 Å². The van der Waals surface area contributed by atoms with Gasteiger partial charge in [-0.25, -0.2) is 4.68 Å². The van der Waals surface area contributed by atoms with Crippen molar-refractivity contribution in [1.29, 1.82) is 0 Å². The zero-order valence-corrected chi connectivity index (χ0v) is 15.9. The number of rotatable bonds is 8. The van der Waals surface area contributed by atoms with Gasteiger partial charge in [0, 0.05) is 13.1 Å². The number of amides is 1. The fraction of sp³-hybridized carbons (Fsp3) is 0.444. The lowest BCUT2D eigenvalue weighted by atomic mass is 10.2. The summed E-state index contributed by atoms with van der Waals surface area (Å²) in [5.74, 6) is -0.779. The number of carbonyl (C=O) groups excluding carboxylic acids is 1. The molecular weight excluding hydrogens is 399 g/mol. The highest BCUT2D eigenvalue weighted by molar-refractivity contribution is 6.33. The standard InChI is InChI=1S/C18H21ClF3N3O3/c1-12-15(16(19)25(23-12)9-13-5-3-2-4-6-13)17(28)24(10-14(27)11-26)8-7-18(20,21)22/h2-6,14,26-27H,7-11H2,1H3/t14-/m0/s1. The summed E-state index contributed by atoms with van der Waals surface area (Å²) in [6.45, 7) is 0.0144. The zero-order chi connectivity index (χ0) is 20.9. The molecule has 2 aromatic rings. The number of aliphatic hydroxyl groups is 2. The predicted molar refractivity (Wildman–Crippen MR) is 97.2 cm³/mol. The van der Waals surface area contributed by atoms with E-state index in [2.05, 4.69) is 5.10 Å². The molecule has 154 valence electrons. The molecule has 0 fully saturated rings. The molecule has 0 saturated carbocycles. The van der Waals surface area contributed by atoms with Crippen LogP contribution in [-0.4, -0.2) is 62.8 Å². The maximum Gasteiger partial charge on any atom is 0.390 e. The molecule has 0 aliphatic rings. The Hall–Kier alpha value is -2.10. The van der Waals surface area contributed by atoms with E-state index in [0.29, 0.717) is 0 Å². The molecular formula is C18H21ClF3N3O3. The molecule has 0 saturated heterocycles. The number of alkyl halides is 3. The first-order valence-corrected chi connectivity index (χ1v) is 8.92. The van der Waals surface area contributed by atoms with Gasteiger partial charge in [-0.15, -0.1) is 0 Å². The maximum absolute atomic E-state index is 12.8. The van der Waals surface area contributed by atoms with Crippen molar-refractivity contribution in [2.75, 3.05) is 19.7 Å². The molecule has 1 atom stereocenters. The highest BCUT2D eigenvalue weighted by Crippen LogP contribution is 2.25. The van der Waals surface area contributed by atoms with Gasteiger partial charge in [-0.05, 0) is 12.5 Å². The molecule has 0 spiro atoms. The number of aliphatic hydroxyl groups excluding tert-OH is 2. The van der Waals surface area contributed by atoms with Crippen molar-refractivity contribution in [2.24, 2.45) is 0 Å². The van der Waals surface area contributed by atoms with Crippen LogP contribution >= 0.6 is 11.6 Å². The fourth-order valence-corrected chi connectivity index (χ4v) is 2.98. The fourth-order valence-electron chi connectivity index (χ4n) is 2.67. The van der Waals surface area contributed by atoms with E-state index >= 15 is 0 Å². The highest BCUT2D eigenvalue weighted by atomic mass is 35.5. The highest BCUT2D eigenvalue weighted by Gasteiger charge is 2.32. The molecule has 0 aliphatic carbocycles. The lowest BCUT2D eigenvalue weighted by molar-refractivity contribution is -0.137. The second kappa shape index (κ2) is 9.40. The molecule has 1 amide bonds. The number of aryl methyl sites for hydroxylation is 1. The second-order valence-corrected chi connectivity index (χ2v) is 6.71. The van der Waals surface area contributed by atoms with Gasteiger partial charge in [-0.1, -0.05) is 41.9 Å². The topological polar surface area (TPSA) is 78.6 Å². The summed E-state index contributed by atoms with van der Waals surface area (Å²) < 4.78 is 39.2. The number of nitrogens with zero attached hydrogens (tertiary/aromatic N) is 3. The lowest BCUT2D eigenvalue weighted by Crippen LogP contribution is -2.41. The predicted octanol–water partition coefficient (Wildman–Crippen LogP) is 2.64. The number of hydrogen-bond acceptors (Lipinski definition) is 4. The van der Waals surface area contributed by atoms with E-state index in [-0.39, 0.29) is 23.0 Å². The monoisotopic (exact) mass is 419 g/mol. The number of carbonyl (C=O) groups is 1. The molecule has 10 heteroatoms. The number of halogens is 4. The number of hydrogen-bond donors (Lipinski definition) is 2. The van der Waals surface area contributed by atoms with E-state index in [4.69, 9.17) is 16.7 Å². The van der Waals surface area contributed by atoms with Crippen molar-refractivity contribution in [3.63, 3.8) is 0 Å². The van der Waals surface area contributed by atoms with Crippen molar-refractivity contribution in [3.8, 4) is 0 Å². The summed E-state index contributed by atoms with van der Waals surface area (Å²) in [6.07, 6.45) is -7.08. The molecule has 1 heterocycles. The van der Waals surface area contributed by atoms with Crippen LogP contribution in [0.15, 0.2) is 30.3 Å². The van der Waals surface area contributed by atoms with Crippen LogP contribution in [0, 0.1) is 6.92 Å². The average Bonchev–Trinajstić information content (AvgIpc) is 2.91. The van der Waals surface area contributed by atoms with Gasteiger partial charge >= 0.3 is 6.18 Å². The minimum Gasteiger partial charge on any atom is -0.394 e. The smallest absolute Gasteiger partial charge is 0.390 e. The normalized spacial score (nSPS) is 12.8. The Balaban J connectivity index is 2.27. The molecule has 1 aromatic carbocycles. The third kappa shape index (κ3) is 5.95. The SMILES string of the molecule is Cc1nn(Cc2ccccc2)c(Cl)c1C(=O)N(CCC(F)(F)F)C[C@H](O)CO. The first-order chi connectivity index (χ1) is 13.1. The third-order valence-electron chi connectivity index (χ3n) is 4.05. The Morgan fingerprint density at radius 1 is 1.32 bits per heavy atom. The molecule has 0 radical (unpaired) electrons. The van der Waals surface area contributed by atoms with Crippen LogP contribution in [0.25, 0.3) is 0 Å². The Bertz CT molecular complexity index is 797. The van der Waals surface area contributed by atoms with Crippen LogP contribution in [0.2, 0.25) is 5.15 Å². The summed E-state index contributed by atoms with van der Waals surface area (Å²) in [5, 5.41) is 22.8. The molecule has 0 unspecified atom stereocenters. The quantitative estimate of drug-likeness (QED) is 0.689. The molecule has 0 bridgehead atoms. The summed E-state index contributed by atoms with van der Waals surface area (Å²) in [6, 6.07) is 9.21. The molecule has 2 N–H and O–H groups in total. The summed E-state index contributed by atoms with van der Waals surface area (Å²) in [7, 11) is 0. The van der Waals surface area contributed by atoms with Crippen molar-refractivity contribution in [1.82, 2.24) is 14.7 Å². The summed E-state index contributed by atoms with van der Waals surface area (Å²) in [4.78, 5) is 13.7. The second-order valence-electron chi connectivity index (χ2n) is 6.35. The van der Waals surface area contributed by atoms with Crippen LogP contribution in [0.3, 0.4) is 0 Å². The minimum absolute atomic E-state index is 0.00171. The minimum atomic E-state index is -4.47. The van der Waals surface area contributed by atoms with Crippen LogP contribution in [-0.2, 0) is 6.54 Å². The first kappa shape index (κ1) is 22.2. The summed E-state index contributed by atoms with van der Waals surface area (Å²) >= 11 is 6.30. The van der Waals surface area contributed by atoms with Crippen LogP contribution in [0.5, 0.6) is 0 Å². The van der Waals surface area contributed by atoms with Gasteiger partial charge in [0.25, 0.3) is 5.91 Å². The van der Waals surface area contributed by atoms with Gasteiger partial charge in [0.2, 0.25) is 0 Å². The first-order valence-electron chi connectivity index (χ1n) is 8.54. The Labute approximate surface area is 165 Å². The zero-order valence-electron chi connectivity index (χ0n) is 15.2. The average molecular weight is 420 g/mol. The van der Waals surface area contributed by atoms with E-state index in [1.807, 2.05) is 30.3 Å². The lowest BCUT2D eigenvalue weighted by Gasteiger charge is -2.25. The number of benzene rings is 1. The molecule has 1 aromatic heterocycles. The third-order valence-corrected chi connectivity index (χ3v) is 4.43.